The van der Waals surface area contributed by atoms with E-state index in [0.29, 0.717) is 12.0 Å². The highest BCUT2D eigenvalue weighted by Gasteiger charge is 2.47. The van der Waals surface area contributed by atoms with Crippen molar-refractivity contribution in [3.63, 3.8) is 0 Å². The van der Waals surface area contributed by atoms with Crippen molar-refractivity contribution < 1.29 is 9.53 Å². The van der Waals surface area contributed by atoms with Gasteiger partial charge in [-0.05, 0) is 46.0 Å². The maximum absolute atomic E-state index is 12.6. The van der Waals surface area contributed by atoms with E-state index in [1.54, 1.807) is 0 Å². The van der Waals surface area contributed by atoms with Crippen LogP contribution in [0.15, 0.2) is 0 Å². The number of amides is 1. The standard InChI is InChI=1S/C14H26N2O2/c1-5-14(4)13(17)16(11(3)15-14)10(2)12-6-8-18-9-7-12/h10-12,15H,5-9H2,1-4H3. The van der Waals surface area contributed by atoms with E-state index >= 15 is 0 Å². The molecule has 2 aliphatic heterocycles. The lowest BCUT2D eigenvalue weighted by atomic mass is 9.90. The summed E-state index contributed by atoms with van der Waals surface area (Å²) >= 11 is 0. The second-order valence-electron chi connectivity index (χ2n) is 5.91. The van der Waals surface area contributed by atoms with Gasteiger partial charge in [-0.15, -0.1) is 0 Å². The van der Waals surface area contributed by atoms with Crippen LogP contribution < -0.4 is 5.32 Å². The van der Waals surface area contributed by atoms with Crippen molar-refractivity contribution in [3.8, 4) is 0 Å². The topological polar surface area (TPSA) is 41.6 Å². The Kier molecular flexibility index (Phi) is 3.97. The first-order valence-corrected chi connectivity index (χ1v) is 7.18. The highest BCUT2D eigenvalue weighted by atomic mass is 16.5. The van der Waals surface area contributed by atoms with Crippen LogP contribution in [0, 0.1) is 5.92 Å². The Labute approximate surface area is 110 Å². The van der Waals surface area contributed by atoms with Gasteiger partial charge < -0.3 is 9.64 Å². The molecule has 4 heteroatoms. The fourth-order valence-electron chi connectivity index (χ4n) is 3.27. The predicted octanol–water partition coefficient (Wildman–Crippen LogP) is 1.75. The van der Waals surface area contributed by atoms with Crippen molar-refractivity contribution in [3.05, 3.63) is 0 Å². The van der Waals surface area contributed by atoms with Crippen LogP contribution in [-0.4, -0.2) is 41.8 Å². The lowest BCUT2D eigenvalue weighted by Crippen LogP contribution is -2.47. The third-order valence-corrected chi connectivity index (χ3v) is 4.75. The van der Waals surface area contributed by atoms with E-state index in [2.05, 4.69) is 31.0 Å². The largest absolute Gasteiger partial charge is 0.381 e. The number of rotatable bonds is 3. The third kappa shape index (κ3) is 2.28. The molecule has 0 aromatic carbocycles. The molecule has 1 amide bonds. The van der Waals surface area contributed by atoms with Crippen molar-refractivity contribution >= 4 is 5.91 Å². The van der Waals surface area contributed by atoms with Gasteiger partial charge >= 0.3 is 0 Å². The Bertz CT molecular complexity index is 315. The normalized spacial score (nSPS) is 36.1. The Morgan fingerprint density at radius 2 is 2.11 bits per heavy atom. The summed E-state index contributed by atoms with van der Waals surface area (Å²) in [6.45, 7) is 10.0. The summed E-state index contributed by atoms with van der Waals surface area (Å²) in [5.41, 5.74) is -0.376. The molecule has 0 spiro atoms. The van der Waals surface area contributed by atoms with Gasteiger partial charge in [-0.25, -0.2) is 0 Å². The average molecular weight is 254 g/mol. The molecule has 2 saturated heterocycles. The SMILES string of the molecule is CCC1(C)NC(C)N(C(C)C2CCOCC2)C1=O. The van der Waals surface area contributed by atoms with Gasteiger partial charge in [0.25, 0.3) is 0 Å². The molecule has 18 heavy (non-hydrogen) atoms. The van der Waals surface area contributed by atoms with Crippen LogP contribution in [-0.2, 0) is 9.53 Å². The smallest absolute Gasteiger partial charge is 0.244 e. The van der Waals surface area contributed by atoms with Gasteiger partial charge in [0.15, 0.2) is 0 Å². The summed E-state index contributed by atoms with van der Waals surface area (Å²) < 4.78 is 5.41. The number of nitrogens with one attached hydrogen (secondary N) is 1. The second-order valence-corrected chi connectivity index (χ2v) is 5.91. The summed E-state index contributed by atoms with van der Waals surface area (Å²) in [7, 11) is 0. The molecule has 2 aliphatic rings. The zero-order chi connectivity index (χ0) is 13.3. The van der Waals surface area contributed by atoms with Crippen LogP contribution in [0.3, 0.4) is 0 Å². The highest BCUT2D eigenvalue weighted by molar-refractivity contribution is 5.88. The maximum atomic E-state index is 12.6. The molecule has 0 saturated carbocycles. The van der Waals surface area contributed by atoms with Crippen LogP contribution in [0.1, 0.15) is 47.0 Å². The van der Waals surface area contributed by atoms with Gasteiger partial charge in [0.1, 0.15) is 0 Å². The summed E-state index contributed by atoms with van der Waals surface area (Å²) in [5, 5.41) is 3.44. The molecule has 2 rings (SSSR count). The summed E-state index contributed by atoms with van der Waals surface area (Å²) in [6.07, 6.45) is 3.12. The molecule has 0 aromatic heterocycles. The van der Waals surface area contributed by atoms with Gasteiger partial charge in [0, 0.05) is 19.3 Å². The quantitative estimate of drug-likeness (QED) is 0.834. The molecule has 3 unspecified atom stereocenters. The summed E-state index contributed by atoms with van der Waals surface area (Å²) in [4.78, 5) is 14.6. The molecule has 104 valence electrons. The van der Waals surface area contributed by atoms with Crippen molar-refractivity contribution in [2.45, 2.75) is 64.7 Å². The lowest BCUT2D eigenvalue weighted by molar-refractivity contribution is -0.136. The van der Waals surface area contributed by atoms with Gasteiger partial charge in [0.05, 0.1) is 11.7 Å². The minimum Gasteiger partial charge on any atom is -0.381 e. The minimum atomic E-state index is -0.376. The monoisotopic (exact) mass is 254 g/mol. The number of hydrogen-bond donors (Lipinski definition) is 1. The molecular weight excluding hydrogens is 228 g/mol. The van der Waals surface area contributed by atoms with Crippen LogP contribution in [0.4, 0.5) is 0 Å². The van der Waals surface area contributed by atoms with Crippen LogP contribution in [0.2, 0.25) is 0 Å². The Balaban J connectivity index is 2.10. The van der Waals surface area contributed by atoms with E-state index in [0.717, 1.165) is 32.5 Å². The molecule has 0 aliphatic carbocycles. The van der Waals surface area contributed by atoms with E-state index in [4.69, 9.17) is 4.74 Å². The van der Waals surface area contributed by atoms with Crippen molar-refractivity contribution in [2.24, 2.45) is 5.92 Å². The van der Waals surface area contributed by atoms with E-state index < -0.39 is 0 Å². The van der Waals surface area contributed by atoms with E-state index in [1.807, 2.05) is 6.92 Å². The minimum absolute atomic E-state index is 0.139. The number of carbonyl (C=O) groups excluding carboxylic acids is 1. The Morgan fingerprint density at radius 3 is 2.61 bits per heavy atom. The molecule has 0 aromatic rings. The Morgan fingerprint density at radius 1 is 1.50 bits per heavy atom. The van der Waals surface area contributed by atoms with Gasteiger partial charge in [-0.2, -0.15) is 0 Å². The van der Waals surface area contributed by atoms with Crippen LogP contribution >= 0.6 is 0 Å². The molecule has 2 fully saturated rings. The first-order chi connectivity index (χ1) is 8.49. The molecule has 0 bridgehead atoms. The molecule has 3 atom stereocenters. The fraction of sp³-hybridized carbons (Fsp3) is 0.929. The molecular formula is C14H26N2O2. The van der Waals surface area contributed by atoms with Gasteiger partial charge in [-0.3, -0.25) is 10.1 Å². The molecule has 0 radical (unpaired) electrons. The zero-order valence-corrected chi connectivity index (χ0v) is 12.0. The third-order valence-electron chi connectivity index (χ3n) is 4.75. The number of hydrogen-bond acceptors (Lipinski definition) is 3. The van der Waals surface area contributed by atoms with Crippen molar-refractivity contribution in [1.82, 2.24) is 10.2 Å². The Hall–Kier alpha value is -0.610. The van der Waals surface area contributed by atoms with E-state index in [1.165, 1.54) is 0 Å². The van der Waals surface area contributed by atoms with Crippen molar-refractivity contribution in [2.75, 3.05) is 13.2 Å². The zero-order valence-electron chi connectivity index (χ0n) is 12.0. The summed E-state index contributed by atoms with van der Waals surface area (Å²) in [5.74, 6) is 0.836. The second kappa shape index (κ2) is 5.17. The molecule has 1 N–H and O–H groups in total. The molecule has 4 nitrogen and oxygen atoms in total. The van der Waals surface area contributed by atoms with Crippen LogP contribution in [0.25, 0.3) is 0 Å². The van der Waals surface area contributed by atoms with Crippen LogP contribution in [0.5, 0.6) is 0 Å². The summed E-state index contributed by atoms with van der Waals surface area (Å²) in [6, 6.07) is 0.303. The lowest BCUT2D eigenvalue weighted by Gasteiger charge is -2.36. The van der Waals surface area contributed by atoms with E-state index in [9.17, 15) is 4.79 Å². The number of nitrogens with zero attached hydrogens (tertiary/aromatic N) is 1. The number of carbonyl (C=O) groups is 1. The number of ether oxygens (including phenoxy) is 1. The first-order valence-electron chi connectivity index (χ1n) is 7.18. The maximum Gasteiger partial charge on any atom is 0.244 e. The van der Waals surface area contributed by atoms with Crippen molar-refractivity contribution in [1.29, 1.82) is 0 Å². The van der Waals surface area contributed by atoms with Gasteiger partial charge in [-0.1, -0.05) is 6.92 Å². The fourth-order valence-corrected chi connectivity index (χ4v) is 3.27. The molecule has 2 heterocycles. The first kappa shape index (κ1) is 13.8. The highest BCUT2D eigenvalue weighted by Crippen LogP contribution is 2.30. The van der Waals surface area contributed by atoms with E-state index in [-0.39, 0.29) is 17.6 Å². The predicted molar refractivity (Wildman–Crippen MR) is 71.1 cm³/mol. The van der Waals surface area contributed by atoms with Gasteiger partial charge in [0.2, 0.25) is 5.91 Å². The average Bonchev–Trinajstić information content (AvgIpc) is 2.61.